The van der Waals surface area contributed by atoms with Gasteiger partial charge in [0.15, 0.2) is 0 Å². The van der Waals surface area contributed by atoms with E-state index in [1.165, 1.54) is 0 Å². The van der Waals surface area contributed by atoms with Crippen LogP contribution in [0, 0.1) is 0 Å². The van der Waals surface area contributed by atoms with Crippen LogP contribution in [0.2, 0.25) is 0 Å². The van der Waals surface area contributed by atoms with Gasteiger partial charge in [0.25, 0.3) is 0 Å². The quantitative estimate of drug-likeness (QED) is 0.706. The summed E-state index contributed by atoms with van der Waals surface area (Å²) in [7, 11) is 4.12. The molecule has 0 aromatic carbocycles. The van der Waals surface area contributed by atoms with Crippen molar-refractivity contribution in [1.29, 1.82) is 0 Å². The van der Waals surface area contributed by atoms with Crippen molar-refractivity contribution >= 4 is 5.95 Å². The van der Waals surface area contributed by atoms with Crippen LogP contribution in [0.4, 0.5) is 5.95 Å². The lowest BCUT2D eigenvalue weighted by Gasteiger charge is -2.10. The van der Waals surface area contributed by atoms with Gasteiger partial charge in [-0.05, 0) is 34.0 Å². The highest BCUT2D eigenvalue weighted by Crippen LogP contribution is 2.07. The van der Waals surface area contributed by atoms with Crippen molar-refractivity contribution in [3.05, 3.63) is 12.3 Å². The van der Waals surface area contributed by atoms with Gasteiger partial charge in [0.2, 0.25) is 11.8 Å². The molecule has 0 aliphatic carbocycles. The smallest absolute Gasteiger partial charge is 0.225 e. The molecule has 5 nitrogen and oxygen atoms in total. The summed E-state index contributed by atoms with van der Waals surface area (Å²) in [6, 6.07) is 1.76. The Hall–Kier alpha value is -1.36. The van der Waals surface area contributed by atoms with E-state index < -0.39 is 0 Å². The van der Waals surface area contributed by atoms with E-state index in [1.54, 1.807) is 12.3 Å². The fraction of sp³-hybridized carbons (Fsp3) is 0.636. The van der Waals surface area contributed by atoms with Crippen molar-refractivity contribution in [3.8, 4) is 5.88 Å². The molecule has 0 unspecified atom stereocenters. The molecular weight excluding hydrogens is 204 g/mol. The molecule has 90 valence electrons. The molecular formula is C11H20N4O. The number of rotatable bonds is 7. The highest BCUT2D eigenvalue weighted by atomic mass is 16.5. The van der Waals surface area contributed by atoms with E-state index in [9.17, 15) is 0 Å². The Bertz CT molecular complexity index is 304. The van der Waals surface area contributed by atoms with Crippen LogP contribution in [0.15, 0.2) is 12.3 Å². The predicted molar refractivity (Wildman–Crippen MR) is 64.9 cm³/mol. The second-order valence-corrected chi connectivity index (χ2v) is 3.74. The second kappa shape index (κ2) is 7.00. The third-order valence-electron chi connectivity index (χ3n) is 1.99. The fourth-order valence-corrected chi connectivity index (χ4v) is 1.25. The van der Waals surface area contributed by atoms with Gasteiger partial charge in [-0.15, -0.1) is 0 Å². The maximum Gasteiger partial charge on any atom is 0.225 e. The van der Waals surface area contributed by atoms with E-state index in [1.807, 2.05) is 6.92 Å². The number of hydrogen-bond acceptors (Lipinski definition) is 5. The minimum atomic E-state index is 0.618. The number of hydrogen-bond donors (Lipinski definition) is 1. The number of nitrogens with one attached hydrogen (secondary N) is 1. The summed E-state index contributed by atoms with van der Waals surface area (Å²) in [4.78, 5) is 10.5. The first-order valence-electron chi connectivity index (χ1n) is 5.57. The summed E-state index contributed by atoms with van der Waals surface area (Å²) < 4.78 is 5.29. The summed E-state index contributed by atoms with van der Waals surface area (Å²) in [6.45, 7) is 4.48. The van der Waals surface area contributed by atoms with Crippen LogP contribution in [0.3, 0.4) is 0 Å². The van der Waals surface area contributed by atoms with E-state index in [-0.39, 0.29) is 0 Å². The highest BCUT2D eigenvalue weighted by Gasteiger charge is 1.98. The van der Waals surface area contributed by atoms with Crippen LogP contribution in [-0.4, -0.2) is 48.7 Å². The normalized spacial score (nSPS) is 10.5. The summed E-state index contributed by atoms with van der Waals surface area (Å²) in [5, 5.41) is 3.17. The van der Waals surface area contributed by atoms with E-state index >= 15 is 0 Å². The van der Waals surface area contributed by atoms with E-state index in [2.05, 4.69) is 34.3 Å². The lowest BCUT2D eigenvalue weighted by molar-refractivity contribution is 0.326. The van der Waals surface area contributed by atoms with E-state index in [4.69, 9.17) is 4.74 Å². The van der Waals surface area contributed by atoms with Gasteiger partial charge in [-0.3, -0.25) is 0 Å². The maximum absolute atomic E-state index is 5.29. The van der Waals surface area contributed by atoms with Gasteiger partial charge >= 0.3 is 0 Å². The molecule has 0 saturated heterocycles. The van der Waals surface area contributed by atoms with Crippen molar-refractivity contribution in [2.24, 2.45) is 0 Å². The third-order valence-corrected chi connectivity index (χ3v) is 1.99. The fourth-order valence-electron chi connectivity index (χ4n) is 1.25. The van der Waals surface area contributed by atoms with Crippen molar-refractivity contribution in [2.45, 2.75) is 13.3 Å². The highest BCUT2D eigenvalue weighted by molar-refractivity contribution is 5.27. The summed E-state index contributed by atoms with van der Waals surface area (Å²) in [6.07, 6.45) is 2.77. The lowest BCUT2D eigenvalue weighted by atomic mass is 10.4. The van der Waals surface area contributed by atoms with Crippen LogP contribution in [0.25, 0.3) is 0 Å². The van der Waals surface area contributed by atoms with Gasteiger partial charge in [0, 0.05) is 18.8 Å². The van der Waals surface area contributed by atoms with Gasteiger partial charge in [-0.25, -0.2) is 4.98 Å². The molecule has 0 amide bonds. The topological polar surface area (TPSA) is 50.3 Å². The first kappa shape index (κ1) is 12.7. The molecule has 0 saturated carbocycles. The molecule has 0 spiro atoms. The zero-order chi connectivity index (χ0) is 11.8. The molecule has 0 bridgehead atoms. The molecule has 0 atom stereocenters. The molecule has 1 heterocycles. The SMILES string of the molecule is CCOc1ccnc(NCCCN(C)C)n1. The van der Waals surface area contributed by atoms with Gasteiger partial charge in [0.05, 0.1) is 6.61 Å². The van der Waals surface area contributed by atoms with Gasteiger partial charge < -0.3 is 15.0 Å². The lowest BCUT2D eigenvalue weighted by Crippen LogP contribution is -2.17. The number of aromatic nitrogens is 2. The Morgan fingerprint density at radius 1 is 1.44 bits per heavy atom. The average molecular weight is 224 g/mol. The molecule has 1 aromatic rings. The van der Waals surface area contributed by atoms with E-state index in [0.717, 1.165) is 19.5 Å². The van der Waals surface area contributed by atoms with Crippen LogP contribution in [0.1, 0.15) is 13.3 Å². The van der Waals surface area contributed by atoms with Crippen molar-refractivity contribution in [3.63, 3.8) is 0 Å². The Kier molecular flexibility index (Phi) is 5.56. The first-order chi connectivity index (χ1) is 7.72. The predicted octanol–water partition coefficient (Wildman–Crippen LogP) is 1.24. The minimum absolute atomic E-state index is 0.618. The van der Waals surface area contributed by atoms with Crippen molar-refractivity contribution in [2.75, 3.05) is 39.1 Å². The van der Waals surface area contributed by atoms with Gasteiger partial charge in [-0.1, -0.05) is 0 Å². The van der Waals surface area contributed by atoms with Gasteiger partial charge in [0.1, 0.15) is 0 Å². The first-order valence-corrected chi connectivity index (χ1v) is 5.57. The minimum Gasteiger partial charge on any atom is -0.478 e. The maximum atomic E-state index is 5.29. The molecule has 1 rings (SSSR count). The average Bonchev–Trinajstić information content (AvgIpc) is 2.25. The van der Waals surface area contributed by atoms with Crippen LogP contribution < -0.4 is 10.1 Å². The molecule has 0 aliphatic rings. The molecule has 0 aliphatic heterocycles. The summed E-state index contributed by atoms with van der Waals surface area (Å²) in [5.41, 5.74) is 0. The third kappa shape index (κ3) is 4.93. The second-order valence-electron chi connectivity index (χ2n) is 3.74. The zero-order valence-corrected chi connectivity index (χ0v) is 10.2. The Balaban J connectivity index is 2.33. The Morgan fingerprint density at radius 3 is 2.94 bits per heavy atom. The zero-order valence-electron chi connectivity index (χ0n) is 10.2. The summed E-state index contributed by atoms with van der Waals surface area (Å²) >= 11 is 0. The molecule has 1 aromatic heterocycles. The summed E-state index contributed by atoms with van der Waals surface area (Å²) in [5.74, 6) is 1.25. The van der Waals surface area contributed by atoms with Crippen LogP contribution in [-0.2, 0) is 0 Å². The molecule has 0 radical (unpaired) electrons. The number of anilines is 1. The molecule has 16 heavy (non-hydrogen) atoms. The number of nitrogens with zero attached hydrogens (tertiary/aromatic N) is 3. The van der Waals surface area contributed by atoms with Crippen molar-refractivity contribution < 1.29 is 4.74 Å². The molecule has 1 N–H and O–H groups in total. The van der Waals surface area contributed by atoms with Gasteiger partial charge in [-0.2, -0.15) is 4.98 Å². The Morgan fingerprint density at radius 2 is 2.25 bits per heavy atom. The van der Waals surface area contributed by atoms with Crippen LogP contribution in [0.5, 0.6) is 5.88 Å². The van der Waals surface area contributed by atoms with E-state index in [0.29, 0.717) is 18.4 Å². The van der Waals surface area contributed by atoms with Crippen molar-refractivity contribution in [1.82, 2.24) is 14.9 Å². The standard InChI is InChI=1S/C11H20N4O/c1-4-16-10-6-8-13-11(14-10)12-7-5-9-15(2)3/h6,8H,4-5,7,9H2,1-3H3,(H,12,13,14). The monoisotopic (exact) mass is 224 g/mol. The number of ether oxygens (including phenoxy) is 1. The Labute approximate surface area is 96.8 Å². The largest absolute Gasteiger partial charge is 0.478 e. The molecule has 5 heteroatoms. The van der Waals surface area contributed by atoms with Crippen LogP contribution >= 0.6 is 0 Å². The molecule has 0 fully saturated rings.